The molecule has 2 rings (SSSR count). The van der Waals surface area contributed by atoms with Crippen molar-refractivity contribution in [3.05, 3.63) is 41.8 Å². The predicted molar refractivity (Wildman–Crippen MR) is 54.6 cm³/mol. The third-order valence-electron chi connectivity index (χ3n) is 2.03. The fourth-order valence-corrected chi connectivity index (χ4v) is 1.32. The van der Waals surface area contributed by atoms with Gasteiger partial charge in [0.1, 0.15) is 6.26 Å². The van der Waals surface area contributed by atoms with Crippen LogP contribution < -0.4 is 5.73 Å². The minimum atomic E-state index is 0.535. The number of nitrogens with two attached hydrogens (primary N) is 1. The van der Waals surface area contributed by atoms with Gasteiger partial charge in [0.25, 0.3) is 0 Å². The zero-order valence-electron chi connectivity index (χ0n) is 8.03. The first-order chi connectivity index (χ1) is 6.79. The molecule has 0 spiro atoms. The van der Waals surface area contributed by atoms with Crippen molar-refractivity contribution >= 4 is 0 Å². The lowest BCUT2D eigenvalue weighted by Gasteiger charge is -1.98. The van der Waals surface area contributed by atoms with Gasteiger partial charge in [0, 0.05) is 12.1 Å². The highest BCUT2D eigenvalue weighted by atomic mass is 16.3. The number of hydrogen-bond acceptors (Lipinski definition) is 3. The molecule has 0 saturated heterocycles. The number of aryl methyl sites for hydroxylation is 1. The first kappa shape index (κ1) is 8.97. The highest BCUT2D eigenvalue weighted by Crippen LogP contribution is 2.19. The minimum Gasteiger partial charge on any atom is -0.444 e. The van der Waals surface area contributed by atoms with Crippen molar-refractivity contribution in [2.24, 2.45) is 5.73 Å². The van der Waals surface area contributed by atoms with E-state index < -0.39 is 0 Å². The number of nitrogens with zero attached hydrogens (tertiary/aromatic N) is 1. The molecule has 0 radical (unpaired) electrons. The zero-order valence-corrected chi connectivity index (χ0v) is 8.03. The maximum atomic E-state index is 5.55. The van der Waals surface area contributed by atoms with E-state index in [0.717, 1.165) is 16.8 Å². The molecule has 0 bridgehead atoms. The summed E-state index contributed by atoms with van der Waals surface area (Å²) in [4.78, 5) is 4.25. The second kappa shape index (κ2) is 3.64. The molecule has 72 valence electrons. The molecule has 0 unspecified atom stereocenters. The molecule has 3 heteroatoms. The third-order valence-corrected chi connectivity index (χ3v) is 2.03. The summed E-state index contributed by atoms with van der Waals surface area (Å²) >= 11 is 0. The summed E-state index contributed by atoms with van der Waals surface area (Å²) in [6.45, 7) is 2.44. The first-order valence-corrected chi connectivity index (χ1v) is 4.51. The predicted octanol–water partition coefficient (Wildman–Crippen LogP) is 2.11. The summed E-state index contributed by atoms with van der Waals surface area (Å²) < 4.78 is 5.30. The summed E-state index contributed by atoms with van der Waals surface area (Å²) in [5.74, 6) is 0.651. The molecule has 0 atom stereocenters. The SMILES string of the molecule is Cc1coc(-c2cccc(CN)c2)n1. The fourth-order valence-electron chi connectivity index (χ4n) is 1.32. The maximum Gasteiger partial charge on any atom is 0.226 e. The van der Waals surface area contributed by atoms with Crippen LogP contribution in [-0.2, 0) is 6.54 Å². The van der Waals surface area contributed by atoms with Gasteiger partial charge in [-0.05, 0) is 24.6 Å². The van der Waals surface area contributed by atoms with E-state index in [1.54, 1.807) is 6.26 Å². The van der Waals surface area contributed by atoms with Crippen molar-refractivity contribution in [2.75, 3.05) is 0 Å². The molecule has 1 heterocycles. The van der Waals surface area contributed by atoms with Crippen LogP contribution in [-0.4, -0.2) is 4.98 Å². The Morgan fingerprint density at radius 2 is 2.29 bits per heavy atom. The van der Waals surface area contributed by atoms with Crippen LogP contribution in [0.25, 0.3) is 11.5 Å². The highest BCUT2D eigenvalue weighted by molar-refractivity contribution is 5.54. The Hall–Kier alpha value is -1.61. The van der Waals surface area contributed by atoms with Gasteiger partial charge in [-0.1, -0.05) is 12.1 Å². The number of hydrogen-bond donors (Lipinski definition) is 1. The summed E-state index contributed by atoms with van der Waals surface area (Å²) in [5, 5.41) is 0. The quantitative estimate of drug-likeness (QED) is 0.785. The van der Waals surface area contributed by atoms with Gasteiger partial charge in [0.15, 0.2) is 0 Å². The monoisotopic (exact) mass is 188 g/mol. The molecule has 0 aliphatic heterocycles. The van der Waals surface area contributed by atoms with E-state index in [4.69, 9.17) is 10.2 Å². The molecule has 3 nitrogen and oxygen atoms in total. The lowest BCUT2D eigenvalue weighted by Crippen LogP contribution is -1.95. The van der Waals surface area contributed by atoms with Crippen LogP contribution in [0.5, 0.6) is 0 Å². The van der Waals surface area contributed by atoms with Crippen LogP contribution in [0.15, 0.2) is 34.9 Å². The molecule has 2 N–H and O–H groups in total. The van der Waals surface area contributed by atoms with Crippen LogP contribution in [0.1, 0.15) is 11.3 Å². The van der Waals surface area contributed by atoms with Gasteiger partial charge in [-0.2, -0.15) is 0 Å². The Kier molecular flexibility index (Phi) is 2.33. The standard InChI is InChI=1S/C11H12N2O/c1-8-7-14-11(13-8)10-4-2-3-9(5-10)6-12/h2-5,7H,6,12H2,1H3. The summed E-state index contributed by atoms with van der Waals surface area (Å²) in [6.07, 6.45) is 1.64. The molecule has 0 aliphatic rings. The van der Waals surface area contributed by atoms with E-state index in [1.165, 1.54) is 0 Å². The van der Waals surface area contributed by atoms with Gasteiger partial charge in [-0.15, -0.1) is 0 Å². The van der Waals surface area contributed by atoms with Crippen LogP contribution in [0.2, 0.25) is 0 Å². The zero-order chi connectivity index (χ0) is 9.97. The van der Waals surface area contributed by atoms with Crippen molar-refractivity contribution in [1.82, 2.24) is 4.98 Å². The number of aromatic nitrogens is 1. The molecule has 0 fully saturated rings. The van der Waals surface area contributed by atoms with Gasteiger partial charge in [-0.3, -0.25) is 0 Å². The number of rotatable bonds is 2. The van der Waals surface area contributed by atoms with Crippen molar-refractivity contribution in [3.8, 4) is 11.5 Å². The Morgan fingerprint density at radius 3 is 2.93 bits per heavy atom. The Labute approximate surface area is 82.6 Å². The van der Waals surface area contributed by atoms with E-state index in [-0.39, 0.29) is 0 Å². The van der Waals surface area contributed by atoms with Crippen LogP contribution in [0, 0.1) is 6.92 Å². The molecular formula is C11H12N2O. The second-order valence-corrected chi connectivity index (χ2v) is 3.20. The van der Waals surface area contributed by atoms with E-state index in [0.29, 0.717) is 12.4 Å². The normalized spacial score (nSPS) is 10.4. The molecule has 14 heavy (non-hydrogen) atoms. The lowest BCUT2D eigenvalue weighted by atomic mass is 10.1. The molecule has 1 aromatic carbocycles. The maximum absolute atomic E-state index is 5.55. The molecule has 0 amide bonds. The Morgan fingerprint density at radius 1 is 1.43 bits per heavy atom. The van der Waals surface area contributed by atoms with E-state index >= 15 is 0 Å². The van der Waals surface area contributed by atoms with Gasteiger partial charge in [0.05, 0.1) is 5.69 Å². The van der Waals surface area contributed by atoms with Crippen molar-refractivity contribution in [1.29, 1.82) is 0 Å². The molecular weight excluding hydrogens is 176 g/mol. The average Bonchev–Trinajstić information content (AvgIpc) is 2.65. The molecule has 2 aromatic rings. The molecule has 1 aromatic heterocycles. The van der Waals surface area contributed by atoms with Gasteiger partial charge in [-0.25, -0.2) is 4.98 Å². The Bertz CT molecular complexity index is 434. The molecule has 0 aliphatic carbocycles. The topological polar surface area (TPSA) is 52.0 Å². The number of oxazole rings is 1. The number of benzene rings is 1. The van der Waals surface area contributed by atoms with Crippen molar-refractivity contribution in [2.45, 2.75) is 13.5 Å². The summed E-state index contributed by atoms with van der Waals surface area (Å²) in [5.41, 5.74) is 8.49. The average molecular weight is 188 g/mol. The smallest absolute Gasteiger partial charge is 0.226 e. The third kappa shape index (κ3) is 1.67. The largest absolute Gasteiger partial charge is 0.444 e. The lowest BCUT2D eigenvalue weighted by molar-refractivity contribution is 0.573. The van der Waals surface area contributed by atoms with E-state index in [2.05, 4.69) is 4.98 Å². The second-order valence-electron chi connectivity index (χ2n) is 3.20. The van der Waals surface area contributed by atoms with Gasteiger partial charge < -0.3 is 10.2 Å². The Balaban J connectivity index is 2.41. The summed E-state index contributed by atoms with van der Waals surface area (Å²) in [7, 11) is 0. The molecule has 0 saturated carbocycles. The minimum absolute atomic E-state index is 0.535. The van der Waals surface area contributed by atoms with Crippen LogP contribution in [0.3, 0.4) is 0 Å². The van der Waals surface area contributed by atoms with E-state index in [9.17, 15) is 0 Å². The highest BCUT2D eigenvalue weighted by Gasteiger charge is 2.03. The van der Waals surface area contributed by atoms with E-state index in [1.807, 2.05) is 31.2 Å². The van der Waals surface area contributed by atoms with Gasteiger partial charge >= 0.3 is 0 Å². The fraction of sp³-hybridized carbons (Fsp3) is 0.182. The van der Waals surface area contributed by atoms with Gasteiger partial charge in [0.2, 0.25) is 5.89 Å². The van der Waals surface area contributed by atoms with Crippen molar-refractivity contribution < 1.29 is 4.42 Å². The van der Waals surface area contributed by atoms with Crippen LogP contribution >= 0.6 is 0 Å². The first-order valence-electron chi connectivity index (χ1n) is 4.51. The summed E-state index contributed by atoms with van der Waals surface area (Å²) in [6, 6.07) is 7.89. The van der Waals surface area contributed by atoms with Crippen LogP contribution in [0.4, 0.5) is 0 Å². The van der Waals surface area contributed by atoms with Crippen molar-refractivity contribution in [3.63, 3.8) is 0 Å².